The lowest BCUT2D eigenvalue weighted by molar-refractivity contribution is -0.0295. The van der Waals surface area contributed by atoms with Gasteiger partial charge in [0.1, 0.15) is 11.4 Å². The summed E-state index contributed by atoms with van der Waals surface area (Å²) in [5.41, 5.74) is 5.16. The largest absolute Gasteiger partial charge is 0.370 e. The first-order valence-electron chi connectivity index (χ1n) is 6.36. The smallest absolute Gasteiger partial charge is 0.223 e. The maximum Gasteiger partial charge on any atom is 0.223 e. The zero-order valence-electron chi connectivity index (χ0n) is 12.2. The van der Waals surface area contributed by atoms with E-state index in [0.717, 1.165) is 12.8 Å². The number of nitrogens with zero attached hydrogens (tertiary/aromatic N) is 3. The van der Waals surface area contributed by atoms with Crippen molar-refractivity contribution in [2.75, 3.05) is 12.8 Å². The van der Waals surface area contributed by atoms with Crippen LogP contribution in [-0.2, 0) is 15.8 Å². The van der Waals surface area contributed by atoms with Crippen LogP contribution >= 0.6 is 0 Å². The molecule has 0 saturated heterocycles. The highest BCUT2D eigenvalue weighted by atomic mass is 16.5. The third-order valence-electron chi connectivity index (χ3n) is 3.26. The molecular weight excluding hydrogens is 228 g/mol. The molecule has 0 atom stereocenters. The molecule has 0 aliphatic heterocycles. The van der Waals surface area contributed by atoms with Gasteiger partial charge in [-0.2, -0.15) is 9.97 Å². The van der Waals surface area contributed by atoms with Gasteiger partial charge in [-0.15, -0.1) is 0 Å². The van der Waals surface area contributed by atoms with E-state index in [1.54, 1.807) is 7.11 Å². The third kappa shape index (κ3) is 2.77. The molecule has 0 spiro atoms. The first-order chi connectivity index (χ1) is 8.29. The highest BCUT2D eigenvalue weighted by Gasteiger charge is 2.33. The highest BCUT2D eigenvalue weighted by Crippen LogP contribution is 2.31. The fourth-order valence-electron chi connectivity index (χ4n) is 1.88. The molecule has 1 rings (SSSR count). The monoisotopic (exact) mass is 252 g/mol. The van der Waals surface area contributed by atoms with Gasteiger partial charge in [-0.3, -0.25) is 0 Å². The van der Waals surface area contributed by atoms with Gasteiger partial charge in [0.05, 0.1) is 0 Å². The van der Waals surface area contributed by atoms with Crippen molar-refractivity contribution in [2.45, 2.75) is 58.5 Å². The Hall–Kier alpha value is -1.23. The topological polar surface area (TPSA) is 73.9 Å². The van der Waals surface area contributed by atoms with Crippen LogP contribution in [0.1, 0.15) is 59.1 Å². The number of nitrogen functional groups attached to an aromatic ring is 1. The summed E-state index contributed by atoms with van der Waals surface area (Å²) in [7, 11) is 1.68. The van der Waals surface area contributed by atoms with Crippen LogP contribution in [0.2, 0.25) is 0 Å². The number of rotatable bonds is 4. The number of hydrogen-bond acceptors (Lipinski definition) is 5. The van der Waals surface area contributed by atoms with E-state index < -0.39 is 5.60 Å². The Bertz CT molecular complexity index is 400. The number of methoxy groups -OCH3 is 1. The number of hydrogen-bond donors (Lipinski definition) is 1. The van der Waals surface area contributed by atoms with Crippen molar-refractivity contribution in [3.05, 3.63) is 11.6 Å². The van der Waals surface area contributed by atoms with Gasteiger partial charge < -0.3 is 10.5 Å². The predicted octanol–water partition coefficient (Wildman–Crippen LogP) is 2.41. The number of nitrogens with two attached hydrogens (primary N) is 1. The second-order valence-corrected chi connectivity index (χ2v) is 5.50. The van der Waals surface area contributed by atoms with Crippen molar-refractivity contribution >= 4 is 5.95 Å². The maximum atomic E-state index is 5.80. The van der Waals surface area contributed by atoms with Crippen molar-refractivity contribution < 1.29 is 4.74 Å². The molecule has 0 unspecified atom stereocenters. The second kappa shape index (κ2) is 5.18. The van der Waals surface area contributed by atoms with Crippen molar-refractivity contribution in [3.63, 3.8) is 0 Å². The molecule has 5 nitrogen and oxygen atoms in total. The lowest BCUT2D eigenvalue weighted by atomic mass is 9.93. The molecule has 0 saturated carbocycles. The molecule has 1 aromatic rings. The molecule has 18 heavy (non-hydrogen) atoms. The van der Waals surface area contributed by atoms with E-state index >= 15 is 0 Å². The van der Waals surface area contributed by atoms with Crippen molar-refractivity contribution in [1.29, 1.82) is 0 Å². The number of aromatic nitrogens is 3. The Balaban J connectivity index is 3.37. The fraction of sp³-hybridized carbons (Fsp3) is 0.769. The van der Waals surface area contributed by atoms with Gasteiger partial charge in [-0.25, -0.2) is 4.98 Å². The van der Waals surface area contributed by atoms with E-state index in [1.165, 1.54) is 0 Å². The molecule has 102 valence electrons. The molecule has 0 fully saturated rings. The SMILES string of the molecule is CCC(CC)(OC)c1nc(N)nc(C(C)(C)C)n1. The zero-order valence-corrected chi connectivity index (χ0v) is 12.2. The Labute approximate surface area is 109 Å². The van der Waals surface area contributed by atoms with Crippen LogP contribution in [0.15, 0.2) is 0 Å². The molecular formula is C13H24N4O. The average Bonchev–Trinajstić information content (AvgIpc) is 2.30. The quantitative estimate of drug-likeness (QED) is 0.890. The van der Waals surface area contributed by atoms with E-state index in [-0.39, 0.29) is 11.4 Å². The molecule has 0 amide bonds. The zero-order chi connectivity index (χ0) is 14.0. The maximum absolute atomic E-state index is 5.80. The summed E-state index contributed by atoms with van der Waals surface area (Å²) in [5.74, 6) is 1.59. The average molecular weight is 252 g/mol. The molecule has 2 N–H and O–H groups in total. The predicted molar refractivity (Wildman–Crippen MR) is 72.2 cm³/mol. The van der Waals surface area contributed by atoms with Crippen LogP contribution in [0.4, 0.5) is 5.95 Å². The van der Waals surface area contributed by atoms with E-state index in [0.29, 0.717) is 11.6 Å². The molecule has 1 aromatic heterocycles. The van der Waals surface area contributed by atoms with Gasteiger partial charge in [-0.1, -0.05) is 34.6 Å². The molecule has 5 heteroatoms. The second-order valence-electron chi connectivity index (χ2n) is 5.50. The minimum atomic E-state index is -0.475. The first kappa shape index (κ1) is 14.8. The lowest BCUT2D eigenvalue weighted by Crippen LogP contribution is -2.32. The molecule has 0 aliphatic rings. The van der Waals surface area contributed by atoms with Crippen LogP contribution < -0.4 is 5.73 Å². The Morgan fingerprint density at radius 2 is 1.50 bits per heavy atom. The van der Waals surface area contributed by atoms with E-state index in [2.05, 4.69) is 49.6 Å². The Kier molecular flexibility index (Phi) is 4.27. The summed E-state index contributed by atoms with van der Waals surface area (Å²) in [6.45, 7) is 10.3. The normalized spacial score (nSPS) is 12.8. The Morgan fingerprint density at radius 1 is 1.00 bits per heavy atom. The van der Waals surface area contributed by atoms with Crippen LogP contribution in [0.5, 0.6) is 0 Å². The summed E-state index contributed by atoms with van der Waals surface area (Å²) in [6, 6.07) is 0. The molecule has 0 aliphatic carbocycles. The summed E-state index contributed by atoms with van der Waals surface area (Å²) >= 11 is 0. The van der Waals surface area contributed by atoms with Crippen LogP contribution in [0, 0.1) is 0 Å². The minimum absolute atomic E-state index is 0.160. The summed E-state index contributed by atoms with van der Waals surface area (Å²) < 4.78 is 5.64. The van der Waals surface area contributed by atoms with Crippen LogP contribution in [0.3, 0.4) is 0 Å². The third-order valence-corrected chi connectivity index (χ3v) is 3.26. The van der Waals surface area contributed by atoms with Gasteiger partial charge in [0, 0.05) is 12.5 Å². The standard InChI is InChI=1S/C13H24N4O/c1-7-13(8-2,18-6)10-15-9(12(3,4)5)16-11(14)17-10/h7-8H2,1-6H3,(H2,14,15,16,17). The molecule has 1 heterocycles. The van der Waals surface area contributed by atoms with Crippen LogP contribution in [0.25, 0.3) is 0 Å². The van der Waals surface area contributed by atoms with E-state index in [4.69, 9.17) is 10.5 Å². The fourth-order valence-corrected chi connectivity index (χ4v) is 1.88. The van der Waals surface area contributed by atoms with Gasteiger partial charge in [0.25, 0.3) is 0 Å². The van der Waals surface area contributed by atoms with Gasteiger partial charge >= 0.3 is 0 Å². The number of ether oxygens (including phenoxy) is 1. The van der Waals surface area contributed by atoms with Gasteiger partial charge in [0.2, 0.25) is 5.95 Å². The van der Waals surface area contributed by atoms with Crippen LogP contribution in [-0.4, -0.2) is 22.1 Å². The summed E-state index contributed by atoms with van der Waals surface area (Å²) in [4.78, 5) is 13.0. The first-order valence-corrected chi connectivity index (χ1v) is 6.36. The van der Waals surface area contributed by atoms with Gasteiger partial charge in [-0.05, 0) is 12.8 Å². The van der Waals surface area contributed by atoms with E-state index in [1.807, 2.05) is 0 Å². The molecule has 0 aromatic carbocycles. The summed E-state index contributed by atoms with van der Waals surface area (Å²) in [6.07, 6.45) is 1.60. The molecule has 0 bridgehead atoms. The lowest BCUT2D eigenvalue weighted by Gasteiger charge is -2.29. The summed E-state index contributed by atoms with van der Waals surface area (Å²) in [5, 5.41) is 0. The highest BCUT2D eigenvalue weighted by molar-refractivity contribution is 5.21. The Morgan fingerprint density at radius 3 is 1.89 bits per heavy atom. The van der Waals surface area contributed by atoms with Crippen molar-refractivity contribution in [2.24, 2.45) is 0 Å². The van der Waals surface area contributed by atoms with E-state index in [9.17, 15) is 0 Å². The van der Waals surface area contributed by atoms with Gasteiger partial charge in [0.15, 0.2) is 5.82 Å². The van der Waals surface area contributed by atoms with Crippen molar-refractivity contribution in [3.8, 4) is 0 Å². The van der Waals surface area contributed by atoms with Crippen molar-refractivity contribution in [1.82, 2.24) is 15.0 Å². The molecule has 0 radical (unpaired) electrons. The number of anilines is 1. The minimum Gasteiger partial charge on any atom is -0.370 e.